The van der Waals surface area contributed by atoms with Crippen molar-refractivity contribution in [3.05, 3.63) is 41.6 Å². The molecule has 1 aliphatic heterocycles. The minimum absolute atomic E-state index is 0.244. The molecule has 1 aromatic carbocycles. The van der Waals surface area contributed by atoms with Crippen LogP contribution in [0, 0.1) is 0 Å². The van der Waals surface area contributed by atoms with Gasteiger partial charge in [0.25, 0.3) is 0 Å². The van der Waals surface area contributed by atoms with E-state index in [1.165, 1.54) is 12.0 Å². The lowest BCUT2D eigenvalue weighted by atomic mass is 10.1. The van der Waals surface area contributed by atoms with E-state index in [0.29, 0.717) is 13.1 Å². The first-order valence-corrected chi connectivity index (χ1v) is 6.70. The van der Waals surface area contributed by atoms with Gasteiger partial charge < -0.3 is 19.2 Å². The number of hydrogen-bond donors (Lipinski definition) is 1. The number of rotatable bonds is 5. The molecule has 3 rings (SSSR count). The number of ether oxygens (including phenoxy) is 2. The van der Waals surface area contributed by atoms with Gasteiger partial charge in [-0.3, -0.25) is 0 Å². The molecule has 1 aromatic heterocycles. The Bertz CT molecular complexity index is 581. The highest BCUT2D eigenvalue weighted by molar-refractivity contribution is 5.48. The lowest BCUT2D eigenvalue weighted by molar-refractivity contribution is 0.254. The monoisotopic (exact) mass is 274 g/mol. The van der Waals surface area contributed by atoms with Crippen LogP contribution < -0.4 is 14.8 Å². The third-order valence-electron chi connectivity index (χ3n) is 3.40. The van der Waals surface area contributed by atoms with Gasteiger partial charge in [0.15, 0.2) is 6.39 Å². The fraction of sp³-hybridized carbons (Fsp3) is 0.400. The molecular weight excluding hydrogens is 256 g/mol. The van der Waals surface area contributed by atoms with Crippen LogP contribution >= 0.6 is 0 Å². The molecule has 2 heterocycles. The normalized spacial score (nSPS) is 16.8. The molecule has 1 unspecified atom stereocenters. The second kappa shape index (κ2) is 5.54. The predicted molar refractivity (Wildman–Crippen MR) is 73.8 cm³/mol. The molecule has 0 bridgehead atoms. The maximum atomic E-state index is 5.79. The van der Waals surface area contributed by atoms with E-state index in [-0.39, 0.29) is 6.10 Å². The average molecular weight is 274 g/mol. The van der Waals surface area contributed by atoms with E-state index in [2.05, 4.69) is 29.4 Å². The summed E-state index contributed by atoms with van der Waals surface area (Å²) in [6.45, 7) is 3.43. The van der Waals surface area contributed by atoms with Gasteiger partial charge in [-0.15, -0.1) is 0 Å². The topological polar surface area (TPSA) is 56.5 Å². The predicted octanol–water partition coefficient (Wildman–Crippen LogP) is 2.30. The Morgan fingerprint density at radius 3 is 3.05 bits per heavy atom. The first-order valence-electron chi connectivity index (χ1n) is 6.70. The van der Waals surface area contributed by atoms with Crippen molar-refractivity contribution in [3.63, 3.8) is 0 Å². The van der Waals surface area contributed by atoms with Gasteiger partial charge in [0.1, 0.15) is 23.9 Å². The van der Waals surface area contributed by atoms with E-state index < -0.39 is 0 Å². The van der Waals surface area contributed by atoms with Gasteiger partial charge in [-0.1, -0.05) is 0 Å². The maximum Gasteiger partial charge on any atom is 0.180 e. The summed E-state index contributed by atoms with van der Waals surface area (Å²) in [5.41, 5.74) is 3.19. The third-order valence-corrected chi connectivity index (χ3v) is 3.40. The van der Waals surface area contributed by atoms with Crippen LogP contribution in [0.1, 0.15) is 23.7 Å². The molecule has 0 aliphatic carbocycles. The number of aromatic nitrogens is 1. The van der Waals surface area contributed by atoms with Crippen molar-refractivity contribution in [2.75, 3.05) is 7.11 Å². The number of benzene rings is 1. The van der Waals surface area contributed by atoms with Crippen molar-refractivity contribution in [1.29, 1.82) is 0 Å². The zero-order chi connectivity index (χ0) is 13.9. The van der Waals surface area contributed by atoms with Gasteiger partial charge in [-0.2, -0.15) is 0 Å². The quantitative estimate of drug-likeness (QED) is 0.906. The minimum Gasteiger partial charge on any atom is -0.496 e. The first kappa shape index (κ1) is 13.0. The van der Waals surface area contributed by atoms with Crippen LogP contribution in [0.15, 0.2) is 29.2 Å². The molecule has 1 atom stereocenters. The zero-order valence-electron chi connectivity index (χ0n) is 11.7. The summed E-state index contributed by atoms with van der Waals surface area (Å²) in [6, 6.07) is 4.14. The molecule has 0 saturated heterocycles. The van der Waals surface area contributed by atoms with E-state index in [9.17, 15) is 0 Å². The van der Waals surface area contributed by atoms with Crippen LogP contribution in [0.4, 0.5) is 0 Å². The Morgan fingerprint density at radius 1 is 1.40 bits per heavy atom. The molecule has 106 valence electrons. The molecule has 0 spiro atoms. The van der Waals surface area contributed by atoms with Gasteiger partial charge in [-0.25, -0.2) is 4.98 Å². The highest BCUT2D eigenvalue weighted by Crippen LogP contribution is 2.34. The van der Waals surface area contributed by atoms with E-state index in [0.717, 1.165) is 29.2 Å². The van der Waals surface area contributed by atoms with Crippen LogP contribution in [0.2, 0.25) is 0 Å². The Morgan fingerprint density at radius 2 is 2.30 bits per heavy atom. The summed E-state index contributed by atoms with van der Waals surface area (Å²) in [7, 11) is 1.70. The van der Waals surface area contributed by atoms with Crippen molar-refractivity contribution in [2.24, 2.45) is 0 Å². The summed E-state index contributed by atoms with van der Waals surface area (Å²) < 4.78 is 16.2. The van der Waals surface area contributed by atoms with Crippen LogP contribution in [0.25, 0.3) is 0 Å². The summed E-state index contributed by atoms with van der Waals surface area (Å²) in [6.07, 6.45) is 4.26. The van der Waals surface area contributed by atoms with Gasteiger partial charge in [0.2, 0.25) is 0 Å². The van der Waals surface area contributed by atoms with Crippen molar-refractivity contribution in [2.45, 2.75) is 32.5 Å². The standard InChI is InChI=1S/C15H18N2O3/c1-10-3-11-4-14(18-2)12(5-15(11)20-10)6-16-7-13-8-19-9-17-13/h4-5,8-10,16H,3,6-7H2,1-2H3. The number of nitrogens with one attached hydrogen (secondary N) is 1. The third kappa shape index (κ3) is 2.63. The number of nitrogens with zero attached hydrogens (tertiary/aromatic N) is 1. The van der Waals surface area contributed by atoms with Crippen molar-refractivity contribution < 1.29 is 13.9 Å². The van der Waals surface area contributed by atoms with Crippen LogP contribution in [-0.2, 0) is 19.5 Å². The average Bonchev–Trinajstić information content (AvgIpc) is 3.05. The molecule has 1 N–H and O–H groups in total. The van der Waals surface area contributed by atoms with Gasteiger partial charge in [0.05, 0.1) is 12.8 Å². The number of hydrogen-bond acceptors (Lipinski definition) is 5. The molecule has 20 heavy (non-hydrogen) atoms. The van der Waals surface area contributed by atoms with E-state index in [4.69, 9.17) is 13.9 Å². The lowest BCUT2D eigenvalue weighted by Crippen LogP contribution is -2.13. The fourth-order valence-corrected chi connectivity index (χ4v) is 2.46. The largest absolute Gasteiger partial charge is 0.496 e. The van der Waals surface area contributed by atoms with Gasteiger partial charge in [0, 0.05) is 30.6 Å². The van der Waals surface area contributed by atoms with Crippen LogP contribution in [0.3, 0.4) is 0 Å². The number of fused-ring (bicyclic) bond motifs is 1. The maximum absolute atomic E-state index is 5.79. The Kier molecular flexibility index (Phi) is 3.60. The van der Waals surface area contributed by atoms with Gasteiger partial charge in [-0.05, 0) is 19.1 Å². The minimum atomic E-state index is 0.244. The molecule has 0 saturated carbocycles. The summed E-state index contributed by atoms with van der Waals surface area (Å²) in [4.78, 5) is 4.07. The Hall–Kier alpha value is -2.01. The second-order valence-corrected chi connectivity index (χ2v) is 4.99. The van der Waals surface area contributed by atoms with E-state index in [1.54, 1.807) is 13.4 Å². The molecule has 0 radical (unpaired) electrons. The lowest BCUT2D eigenvalue weighted by Gasteiger charge is -2.11. The summed E-state index contributed by atoms with van der Waals surface area (Å²) in [5, 5.41) is 3.32. The zero-order valence-corrected chi connectivity index (χ0v) is 11.7. The van der Waals surface area contributed by atoms with Crippen LogP contribution in [-0.4, -0.2) is 18.2 Å². The van der Waals surface area contributed by atoms with E-state index in [1.807, 2.05) is 0 Å². The van der Waals surface area contributed by atoms with E-state index >= 15 is 0 Å². The smallest absolute Gasteiger partial charge is 0.180 e. The second-order valence-electron chi connectivity index (χ2n) is 4.99. The summed E-state index contributed by atoms with van der Waals surface area (Å²) >= 11 is 0. The Balaban J connectivity index is 1.70. The molecule has 0 amide bonds. The highest BCUT2D eigenvalue weighted by Gasteiger charge is 2.21. The number of oxazole rings is 1. The Labute approximate surface area is 117 Å². The van der Waals surface area contributed by atoms with Crippen LogP contribution in [0.5, 0.6) is 11.5 Å². The van der Waals surface area contributed by atoms with Crippen molar-refractivity contribution in [1.82, 2.24) is 10.3 Å². The number of methoxy groups -OCH3 is 1. The SMILES string of the molecule is COc1cc2c(cc1CNCc1cocn1)OC(C)C2. The van der Waals surface area contributed by atoms with Crippen molar-refractivity contribution in [3.8, 4) is 11.5 Å². The molecule has 2 aromatic rings. The first-order chi connectivity index (χ1) is 9.76. The summed E-state index contributed by atoms with van der Waals surface area (Å²) in [5.74, 6) is 1.87. The fourth-order valence-electron chi connectivity index (χ4n) is 2.46. The highest BCUT2D eigenvalue weighted by atomic mass is 16.5. The molecule has 0 fully saturated rings. The molecule has 5 heteroatoms. The molecule has 5 nitrogen and oxygen atoms in total. The van der Waals surface area contributed by atoms with Gasteiger partial charge >= 0.3 is 0 Å². The molecule has 1 aliphatic rings. The molecular formula is C15H18N2O3. The van der Waals surface area contributed by atoms with Crippen molar-refractivity contribution >= 4 is 0 Å².